The smallest absolute Gasteiger partial charge is 0.0615 e. The van der Waals surface area contributed by atoms with E-state index in [-0.39, 0.29) is 0 Å². The Morgan fingerprint density at radius 1 is 1.11 bits per heavy atom. The molecule has 0 aliphatic rings. The van der Waals surface area contributed by atoms with Gasteiger partial charge in [-0.2, -0.15) is 0 Å². The van der Waals surface area contributed by atoms with Crippen molar-refractivity contribution < 1.29 is 0 Å². The predicted octanol–water partition coefficient (Wildman–Crippen LogP) is 4.52. The second kappa shape index (κ2) is 5.72. The Kier molecular flexibility index (Phi) is 4.23. The standard InChI is InChI=1S/C15H16Cl2N2/c1-10-3-4-11(13(17)7-10)9-19(2)15-8-12(16)5-6-14(15)18/h3-8H,9,18H2,1-2H3. The van der Waals surface area contributed by atoms with Crippen LogP contribution in [0.15, 0.2) is 36.4 Å². The molecule has 2 nitrogen and oxygen atoms in total. The van der Waals surface area contributed by atoms with Crippen LogP contribution in [0.2, 0.25) is 10.0 Å². The molecule has 2 aromatic rings. The van der Waals surface area contributed by atoms with E-state index in [0.717, 1.165) is 21.8 Å². The van der Waals surface area contributed by atoms with E-state index in [1.54, 1.807) is 6.07 Å². The molecule has 0 amide bonds. The predicted molar refractivity (Wildman–Crippen MR) is 84.2 cm³/mol. The van der Waals surface area contributed by atoms with Crippen LogP contribution >= 0.6 is 23.2 Å². The van der Waals surface area contributed by atoms with E-state index in [0.29, 0.717) is 17.3 Å². The number of aryl methyl sites for hydroxylation is 1. The molecule has 0 fully saturated rings. The van der Waals surface area contributed by atoms with Crippen molar-refractivity contribution in [2.75, 3.05) is 17.7 Å². The van der Waals surface area contributed by atoms with E-state index >= 15 is 0 Å². The summed E-state index contributed by atoms with van der Waals surface area (Å²) in [4.78, 5) is 2.04. The second-order valence-electron chi connectivity index (χ2n) is 4.65. The molecule has 0 saturated heterocycles. The lowest BCUT2D eigenvalue weighted by Gasteiger charge is -2.22. The summed E-state index contributed by atoms with van der Waals surface area (Å²) >= 11 is 12.3. The minimum Gasteiger partial charge on any atom is -0.397 e. The van der Waals surface area contributed by atoms with Gasteiger partial charge >= 0.3 is 0 Å². The molecule has 0 unspecified atom stereocenters. The summed E-state index contributed by atoms with van der Waals surface area (Å²) in [6, 6.07) is 11.5. The number of halogens is 2. The fourth-order valence-electron chi connectivity index (χ4n) is 1.97. The van der Waals surface area contributed by atoms with E-state index in [9.17, 15) is 0 Å². The molecule has 0 aromatic heterocycles. The first-order valence-corrected chi connectivity index (χ1v) is 6.74. The first kappa shape index (κ1) is 14.0. The van der Waals surface area contributed by atoms with Crippen molar-refractivity contribution in [2.45, 2.75) is 13.5 Å². The summed E-state index contributed by atoms with van der Waals surface area (Å²) in [6.07, 6.45) is 0. The third-order valence-corrected chi connectivity index (χ3v) is 3.61. The molecule has 0 bridgehead atoms. The summed E-state index contributed by atoms with van der Waals surface area (Å²) < 4.78 is 0. The molecule has 0 spiro atoms. The van der Waals surface area contributed by atoms with E-state index in [2.05, 4.69) is 6.07 Å². The van der Waals surface area contributed by atoms with Gasteiger partial charge in [-0.25, -0.2) is 0 Å². The molecular formula is C15H16Cl2N2. The average molecular weight is 295 g/mol. The molecule has 0 radical (unpaired) electrons. The highest BCUT2D eigenvalue weighted by Crippen LogP contribution is 2.28. The van der Waals surface area contributed by atoms with Gasteiger partial charge in [0.1, 0.15) is 0 Å². The minimum atomic E-state index is 0.672. The monoisotopic (exact) mass is 294 g/mol. The molecule has 0 heterocycles. The van der Waals surface area contributed by atoms with Gasteiger partial charge in [-0.15, -0.1) is 0 Å². The number of rotatable bonds is 3. The fraction of sp³-hybridized carbons (Fsp3) is 0.200. The number of hydrogen-bond acceptors (Lipinski definition) is 2. The van der Waals surface area contributed by atoms with Crippen molar-refractivity contribution in [1.82, 2.24) is 0 Å². The third kappa shape index (κ3) is 3.34. The Hall–Kier alpha value is -1.38. The van der Waals surface area contributed by atoms with Crippen LogP contribution in [-0.2, 0) is 6.54 Å². The normalized spacial score (nSPS) is 10.5. The molecule has 0 aliphatic heterocycles. The van der Waals surface area contributed by atoms with Crippen molar-refractivity contribution in [3.63, 3.8) is 0 Å². The number of benzene rings is 2. The summed E-state index contributed by atoms with van der Waals surface area (Å²) in [6.45, 7) is 2.71. The first-order chi connectivity index (χ1) is 8.97. The summed E-state index contributed by atoms with van der Waals surface area (Å²) in [5, 5.41) is 1.44. The van der Waals surface area contributed by atoms with Gasteiger partial charge in [-0.3, -0.25) is 0 Å². The van der Waals surface area contributed by atoms with Crippen molar-refractivity contribution in [2.24, 2.45) is 0 Å². The first-order valence-electron chi connectivity index (χ1n) is 5.98. The van der Waals surface area contributed by atoms with Gasteiger partial charge in [0.25, 0.3) is 0 Å². The van der Waals surface area contributed by atoms with E-state index in [4.69, 9.17) is 28.9 Å². The maximum atomic E-state index is 6.25. The summed E-state index contributed by atoms with van der Waals surface area (Å²) in [5.41, 5.74) is 9.80. The topological polar surface area (TPSA) is 29.3 Å². The minimum absolute atomic E-state index is 0.672. The number of nitrogens with zero attached hydrogens (tertiary/aromatic N) is 1. The van der Waals surface area contributed by atoms with Gasteiger partial charge in [0.05, 0.1) is 11.4 Å². The molecule has 19 heavy (non-hydrogen) atoms. The van der Waals surface area contributed by atoms with Crippen LogP contribution in [0, 0.1) is 6.92 Å². The van der Waals surface area contributed by atoms with Crippen molar-refractivity contribution in [3.05, 3.63) is 57.6 Å². The third-order valence-electron chi connectivity index (χ3n) is 3.02. The Bertz CT molecular complexity index is 597. The molecule has 4 heteroatoms. The van der Waals surface area contributed by atoms with Gasteiger partial charge < -0.3 is 10.6 Å². The highest BCUT2D eigenvalue weighted by molar-refractivity contribution is 6.31. The molecule has 2 aromatic carbocycles. The van der Waals surface area contributed by atoms with Crippen LogP contribution in [0.1, 0.15) is 11.1 Å². The number of hydrogen-bond donors (Lipinski definition) is 1. The zero-order valence-electron chi connectivity index (χ0n) is 11.0. The molecule has 2 rings (SSSR count). The SMILES string of the molecule is Cc1ccc(CN(C)c2cc(Cl)ccc2N)c(Cl)c1. The highest BCUT2D eigenvalue weighted by atomic mass is 35.5. The molecular weight excluding hydrogens is 279 g/mol. The number of nitrogens with two attached hydrogens (primary N) is 1. The zero-order valence-corrected chi connectivity index (χ0v) is 12.5. The van der Waals surface area contributed by atoms with E-state index in [1.165, 1.54) is 0 Å². The van der Waals surface area contributed by atoms with Gasteiger partial charge in [-0.1, -0.05) is 35.3 Å². The molecule has 0 aliphatic carbocycles. The molecule has 0 atom stereocenters. The number of nitrogen functional groups attached to an aromatic ring is 1. The highest BCUT2D eigenvalue weighted by Gasteiger charge is 2.09. The van der Waals surface area contributed by atoms with Crippen molar-refractivity contribution in [1.29, 1.82) is 0 Å². The van der Waals surface area contributed by atoms with E-state index < -0.39 is 0 Å². The van der Waals surface area contributed by atoms with Crippen LogP contribution in [0.4, 0.5) is 11.4 Å². The van der Waals surface area contributed by atoms with Crippen molar-refractivity contribution in [3.8, 4) is 0 Å². The maximum Gasteiger partial charge on any atom is 0.0615 e. The Morgan fingerprint density at radius 2 is 1.84 bits per heavy atom. The van der Waals surface area contributed by atoms with Gasteiger partial charge in [-0.05, 0) is 42.3 Å². The van der Waals surface area contributed by atoms with Crippen molar-refractivity contribution >= 4 is 34.6 Å². The lowest BCUT2D eigenvalue weighted by Crippen LogP contribution is -2.18. The second-order valence-corrected chi connectivity index (χ2v) is 5.50. The summed E-state index contributed by atoms with van der Waals surface area (Å²) in [7, 11) is 1.97. The Balaban J connectivity index is 2.25. The average Bonchev–Trinajstić information content (AvgIpc) is 2.35. The van der Waals surface area contributed by atoms with Gasteiger partial charge in [0, 0.05) is 23.6 Å². The Morgan fingerprint density at radius 3 is 2.53 bits per heavy atom. The largest absolute Gasteiger partial charge is 0.397 e. The zero-order chi connectivity index (χ0) is 14.0. The van der Waals surface area contributed by atoms with Crippen LogP contribution in [0.5, 0.6) is 0 Å². The van der Waals surface area contributed by atoms with Crippen LogP contribution in [-0.4, -0.2) is 7.05 Å². The molecule has 0 saturated carbocycles. The quantitative estimate of drug-likeness (QED) is 0.843. The summed E-state index contributed by atoms with van der Waals surface area (Å²) in [5.74, 6) is 0. The fourth-order valence-corrected chi connectivity index (χ4v) is 2.43. The maximum absolute atomic E-state index is 6.25. The lowest BCUT2D eigenvalue weighted by atomic mass is 10.1. The molecule has 2 N–H and O–H groups in total. The van der Waals surface area contributed by atoms with Crippen LogP contribution in [0.3, 0.4) is 0 Å². The van der Waals surface area contributed by atoms with Gasteiger partial charge in [0.15, 0.2) is 0 Å². The van der Waals surface area contributed by atoms with Crippen LogP contribution in [0.25, 0.3) is 0 Å². The van der Waals surface area contributed by atoms with Crippen LogP contribution < -0.4 is 10.6 Å². The molecule has 100 valence electrons. The van der Waals surface area contributed by atoms with E-state index in [1.807, 2.05) is 43.1 Å². The lowest BCUT2D eigenvalue weighted by molar-refractivity contribution is 0.924. The Labute approximate surface area is 123 Å². The number of anilines is 2. The van der Waals surface area contributed by atoms with Gasteiger partial charge in [0.2, 0.25) is 0 Å².